The summed E-state index contributed by atoms with van der Waals surface area (Å²) in [5.74, 6) is -1.71. The first-order valence-corrected chi connectivity index (χ1v) is 4.80. The Labute approximate surface area is 94.5 Å². The molecule has 0 radical (unpaired) electrons. The molecule has 15 heavy (non-hydrogen) atoms. The first-order valence-electron chi connectivity index (χ1n) is 4.80. The lowest BCUT2D eigenvalue weighted by molar-refractivity contribution is -0.146. The summed E-state index contributed by atoms with van der Waals surface area (Å²) in [6.45, 7) is 1.04. The Morgan fingerprint density at radius 3 is 2.47 bits per heavy atom. The molecule has 1 aliphatic rings. The molecule has 1 atom stereocenters. The SMILES string of the molecule is Cl.O=C(O)CCN1CCCCC1C(=O)O. The average Bonchev–Trinajstić information content (AvgIpc) is 2.15. The van der Waals surface area contributed by atoms with E-state index in [9.17, 15) is 9.59 Å². The number of likely N-dealkylation sites (tertiary alicyclic amines) is 1. The van der Waals surface area contributed by atoms with Crippen LogP contribution in [-0.4, -0.2) is 46.2 Å². The number of hydrogen-bond acceptors (Lipinski definition) is 3. The highest BCUT2D eigenvalue weighted by atomic mass is 35.5. The second-order valence-electron chi connectivity index (χ2n) is 3.53. The van der Waals surface area contributed by atoms with Crippen LogP contribution < -0.4 is 0 Å². The molecule has 1 aliphatic heterocycles. The Balaban J connectivity index is 0.00000196. The number of rotatable bonds is 4. The number of hydrogen-bond donors (Lipinski definition) is 2. The molecule has 6 heteroatoms. The average molecular weight is 238 g/mol. The molecule has 1 fully saturated rings. The van der Waals surface area contributed by atoms with Gasteiger partial charge in [-0.25, -0.2) is 0 Å². The molecule has 0 amide bonds. The second kappa shape index (κ2) is 6.63. The van der Waals surface area contributed by atoms with Crippen molar-refractivity contribution in [3.8, 4) is 0 Å². The van der Waals surface area contributed by atoms with Crippen LogP contribution in [0.4, 0.5) is 0 Å². The molecule has 1 rings (SSSR count). The Morgan fingerprint density at radius 1 is 1.27 bits per heavy atom. The number of halogens is 1. The molecule has 2 N–H and O–H groups in total. The van der Waals surface area contributed by atoms with Crippen molar-refractivity contribution < 1.29 is 19.8 Å². The van der Waals surface area contributed by atoms with Crippen molar-refractivity contribution in [2.45, 2.75) is 31.7 Å². The first kappa shape index (κ1) is 14.2. The van der Waals surface area contributed by atoms with E-state index >= 15 is 0 Å². The topological polar surface area (TPSA) is 77.8 Å². The molecule has 1 saturated heterocycles. The van der Waals surface area contributed by atoms with Gasteiger partial charge in [-0.05, 0) is 19.4 Å². The van der Waals surface area contributed by atoms with E-state index in [0.29, 0.717) is 19.5 Å². The lowest BCUT2D eigenvalue weighted by atomic mass is 10.0. The van der Waals surface area contributed by atoms with Crippen molar-refractivity contribution in [2.24, 2.45) is 0 Å². The summed E-state index contributed by atoms with van der Waals surface area (Å²) in [5.41, 5.74) is 0. The van der Waals surface area contributed by atoms with Crippen LogP contribution in [0.3, 0.4) is 0 Å². The highest BCUT2D eigenvalue weighted by molar-refractivity contribution is 5.85. The van der Waals surface area contributed by atoms with E-state index in [1.165, 1.54) is 0 Å². The minimum absolute atomic E-state index is 0. The van der Waals surface area contributed by atoms with Crippen molar-refractivity contribution >= 4 is 24.3 Å². The number of carbonyl (C=O) groups is 2. The van der Waals surface area contributed by atoms with Gasteiger partial charge in [0.1, 0.15) is 6.04 Å². The zero-order chi connectivity index (χ0) is 10.6. The standard InChI is InChI=1S/C9H15NO4.ClH/c11-8(12)4-6-10-5-2-1-3-7(10)9(13)14;/h7H,1-6H2,(H,11,12)(H,13,14);1H. The Bertz CT molecular complexity index is 234. The molecular formula is C9H16ClNO4. The van der Waals surface area contributed by atoms with Crippen LogP contribution in [0.2, 0.25) is 0 Å². The lowest BCUT2D eigenvalue weighted by Crippen LogP contribution is -2.45. The fourth-order valence-electron chi connectivity index (χ4n) is 1.78. The summed E-state index contributed by atoms with van der Waals surface area (Å²) in [5, 5.41) is 17.4. The normalized spacial score (nSPS) is 21.7. The van der Waals surface area contributed by atoms with Gasteiger partial charge in [0.2, 0.25) is 0 Å². The molecule has 0 saturated carbocycles. The predicted molar refractivity (Wildman–Crippen MR) is 56.3 cm³/mol. The maximum atomic E-state index is 10.8. The third kappa shape index (κ3) is 4.48. The smallest absolute Gasteiger partial charge is 0.320 e. The molecule has 5 nitrogen and oxygen atoms in total. The fourth-order valence-corrected chi connectivity index (χ4v) is 1.78. The van der Waals surface area contributed by atoms with Crippen LogP contribution in [0.15, 0.2) is 0 Å². The Morgan fingerprint density at radius 2 is 1.93 bits per heavy atom. The van der Waals surface area contributed by atoms with E-state index in [1.807, 2.05) is 0 Å². The number of carboxylic acid groups (broad SMARTS) is 2. The van der Waals surface area contributed by atoms with Gasteiger partial charge in [0.05, 0.1) is 6.42 Å². The number of nitrogens with zero attached hydrogens (tertiary/aromatic N) is 1. The summed E-state index contributed by atoms with van der Waals surface area (Å²) in [6, 6.07) is -0.483. The largest absolute Gasteiger partial charge is 0.481 e. The van der Waals surface area contributed by atoms with Crippen LogP contribution in [0.5, 0.6) is 0 Å². The van der Waals surface area contributed by atoms with E-state index in [1.54, 1.807) is 4.90 Å². The molecule has 0 aromatic rings. The molecule has 1 heterocycles. The summed E-state index contributed by atoms with van der Waals surface area (Å²) in [6.07, 6.45) is 2.53. The summed E-state index contributed by atoms with van der Waals surface area (Å²) < 4.78 is 0. The third-order valence-corrected chi connectivity index (χ3v) is 2.51. The molecule has 88 valence electrons. The van der Waals surface area contributed by atoms with E-state index in [-0.39, 0.29) is 18.8 Å². The first-order chi connectivity index (χ1) is 6.61. The fraction of sp³-hybridized carbons (Fsp3) is 0.778. The van der Waals surface area contributed by atoms with Gasteiger partial charge in [-0.1, -0.05) is 6.42 Å². The van der Waals surface area contributed by atoms with Gasteiger partial charge in [-0.3, -0.25) is 14.5 Å². The van der Waals surface area contributed by atoms with Crippen molar-refractivity contribution in [3.05, 3.63) is 0 Å². The molecule has 0 bridgehead atoms. The summed E-state index contributed by atoms with van der Waals surface area (Å²) in [4.78, 5) is 22.9. The lowest BCUT2D eigenvalue weighted by Gasteiger charge is -2.32. The minimum Gasteiger partial charge on any atom is -0.481 e. The Hall–Kier alpha value is -0.810. The highest BCUT2D eigenvalue weighted by Crippen LogP contribution is 2.17. The number of carboxylic acids is 2. The van der Waals surface area contributed by atoms with Crippen molar-refractivity contribution in [1.29, 1.82) is 0 Å². The molecule has 0 aliphatic carbocycles. The van der Waals surface area contributed by atoms with Gasteiger partial charge >= 0.3 is 11.9 Å². The van der Waals surface area contributed by atoms with Gasteiger partial charge < -0.3 is 10.2 Å². The quantitative estimate of drug-likeness (QED) is 0.757. The van der Waals surface area contributed by atoms with Gasteiger partial charge in [0.25, 0.3) is 0 Å². The van der Waals surface area contributed by atoms with Crippen LogP contribution >= 0.6 is 12.4 Å². The predicted octanol–water partition coefficient (Wildman–Crippen LogP) is 0.822. The van der Waals surface area contributed by atoms with Gasteiger partial charge in [-0.15, -0.1) is 12.4 Å². The third-order valence-electron chi connectivity index (χ3n) is 2.51. The van der Waals surface area contributed by atoms with Crippen LogP contribution in [0.1, 0.15) is 25.7 Å². The van der Waals surface area contributed by atoms with Crippen LogP contribution in [0.25, 0.3) is 0 Å². The zero-order valence-corrected chi connectivity index (χ0v) is 9.20. The zero-order valence-electron chi connectivity index (χ0n) is 8.39. The van der Waals surface area contributed by atoms with Gasteiger partial charge in [0.15, 0.2) is 0 Å². The van der Waals surface area contributed by atoms with Crippen molar-refractivity contribution in [2.75, 3.05) is 13.1 Å². The second-order valence-corrected chi connectivity index (χ2v) is 3.53. The summed E-state index contributed by atoms with van der Waals surface area (Å²) >= 11 is 0. The number of aliphatic carboxylic acids is 2. The maximum absolute atomic E-state index is 10.8. The highest BCUT2D eigenvalue weighted by Gasteiger charge is 2.28. The molecule has 0 aromatic carbocycles. The van der Waals surface area contributed by atoms with Gasteiger partial charge in [-0.2, -0.15) is 0 Å². The van der Waals surface area contributed by atoms with Crippen molar-refractivity contribution in [3.63, 3.8) is 0 Å². The van der Waals surface area contributed by atoms with E-state index < -0.39 is 18.0 Å². The maximum Gasteiger partial charge on any atom is 0.320 e. The minimum atomic E-state index is -0.875. The Kier molecular flexibility index (Phi) is 6.27. The van der Waals surface area contributed by atoms with E-state index in [4.69, 9.17) is 10.2 Å². The van der Waals surface area contributed by atoms with Crippen LogP contribution in [0, 0.1) is 0 Å². The van der Waals surface area contributed by atoms with Crippen LogP contribution in [-0.2, 0) is 9.59 Å². The van der Waals surface area contributed by atoms with E-state index in [0.717, 1.165) is 12.8 Å². The molecule has 0 aromatic heterocycles. The van der Waals surface area contributed by atoms with E-state index in [2.05, 4.69) is 0 Å². The summed E-state index contributed by atoms with van der Waals surface area (Å²) in [7, 11) is 0. The van der Waals surface area contributed by atoms with Gasteiger partial charge in [0, 0.05) is 6.54 Å². The molecule has 1 unspecified atom stereocenters. The molecular weight excluding hydrogens is 222 g/mol. The molecule has 0 spiro atoms. The monoisotopic (exact) mass is 237 g/mol. The van der Waals surface area contributed by atoms with Crippen molar-refractivity contribution in [1.82, 2.24) is 4.90 Å². The number of piperidine rings is 1.